The maximum Gasteiger partial charge on any atom is 0.127 e. The molecule has 0 aliphatic carbocycles. The second-order valence-corrected chi connectivity index (χ2v) is 5.76. The van der Waals surface area contributed by atoms with Gasteiger partial charge in [0.25, 0.3) is 0 Å². The lowest BCUT2D eigenvalue weighted by molar-refractivity contribution is 0.0344. The van der Waals surface area contributed by atoms with Crippen LogP contribution in [0.25, 0.3) is 5.57 Å². The van der Waals surface area contributed by atoms with Gasteiger partial charge >= 0.3 is 0 Å². The number of likely N-dealkylation sites (tertiary alicyclic amines) is 1. The van der Waals surface area contributed by atoms with E-state index in [1.54, 1.807) is 0 Å². The average Bonchev–Trinajstić information content (AvgIpc) is 2.41. The monoisotopic (exact) mass is 259 g/mol. The van der Waals surface area contributed by atoms with Crippen molar-refractivity contribution in [2.24, 2.45) is 0 Å². The molecule has 2 aliphatic heterocycles. The van der Waals surface area contributed by atoms with E-state index >= 15 is 0 Å². The molecule has 1 fully saturated rings. The van der Waals surface area contributed by atoms with Crippen molar-refractivity contribution in [3.8, 4) is 5.75 Å². The van der Waals surface area contributed by atoms with Crippen molar-refractivity contribution >= 4 is 5.57 Å². The first-order chi connectivity index (χ1) is 9.08. The van der Waals surface area contributed by atoms with E-state index in [0.717, 1.165) is 42.8 Å². The van der Waals surface area contributed by atoms with Gasteiger partial charge in [0, 0.05) is 18.7 Å². The third-order valence-electron chi connectivity index (χ3n) is 4.27. The highest BCUT2D eigenvalue weighted by Gasteiger charge is 2.37. The Morgan fingerprint density at radius 1 is 1.26 bits per heavy atom. The standard InChI is InChI=1S/C16H21NO2/c1-12-3-4-15-13(11-12)14(5-10-19-15)16(18)6-8-17(2)9-7-16/h3-5,11,18H,6-10H2,1-2H3. The summed E-state index contributed by atoms with van der Waals surface area (Å²) in [7, 11) is 2.11. The SMILES string of the molecule is Cc1ccc2c(c1)C(C1(O)CCN(C)CC1)=CCO2. The third kappa shape index (κ3) is 2.28. The van der Waals surface area contributed by atoms with Crippen molar-refractivity contribution in [3.05, 3.63) is 35.4 Å². The topological polar surface area (TPSA) is 32.7 Å². The van der Waals surface area contributed by atoms with Gasteiger partial charge in [0.2, 0.25) is 0 Å². The Bertz CT molecular complexity index is 513. The number of nitrogens with zero attached hydrogens (tertiary/aromatic N) is 1. The molecule has 1 N–H and O–H groups in total. The van der Waals surface area contributed by atoms with Crippen LogP contribution in [0.2, 0.25) is 0 Å². The highest BCUT2D eigenvalue weighted by atomic mass is 16.5. The van der Waals surface area contributed by atoms with Gasteiger partial charge in [0.05, 0.1) is 5.60 Å². The summed E-state index contributed by atoms with van der Waals surface area (Å²) in [5.74, 6) is 0.899. The highest BCUT2D eigenvalue weighted by molar-refractivity contribution is 5.78. The van der Waals surface area contributed by atoms with Crippen LogP contribution in [0, 0.1) is 6.92 Å². The van der Waals surface area contributed by atoms with Gasteiger partial charge in [-0.1, -0.05) is 11.6 Å². The van der Waals surface area contributed by atoms with Crippen molar-refractivity contribution in [2.75, 3.05) is 26.7 Å². The molecule has 0 amide bonds. The lowest BCUT2D eigenvalue weighted by Gasteiger charge is -2.39. The van der Waals surface area contributed by atoms with Crippen LogP contribution >= 0.6 is 0 Å². The Hall–Kier alpha value is -1.32. The summed E-state index contributed by atoms with van der Waals surface area (Å²) in [6.45, 7) is 4.51. The van der Waals surface area contributed by atoms with Gasteiger partial charge in [-0.25, -0.2) is 0 Å². The van der Waals surface area contributed by atoms with Crippen LogP contribution in [-0.2, 0) is 0 Å². The van der Waals surface area contributed by atoms with Crippen molar-refractivity contribution < 1.29 is 9.84 Å². The number of rotatable bonds is 1. The van der Waals surface area contributed by atoms with Crippen LogP contribution in [0.5, 0.6) is 5.75 Å². The Balaban J connectivity index is 1.98. The van der Waals surface area contributed by atoms with Crippen LogP contribution in [0.3, 0.4) is 0 Å². The van der Waals surface area contributed by atoms with E-state index in [1.807, 2.05) is 12.1 Å². The predicted octanol–water partition coefficient (Wildman–Crippen LogP) is 2.23. The molecule has 102 valence electrons. The zero-order chi connectivity index (χ0) is 13.5. The average molecular weight is 259 g/mol. The Morgan fingerprint density at radius 2 is 2.00 bits per heavy atom. The minimum Gasteiger partial charge on any atom is -0.489 e. The van der Waals surface area contributed by atoms with Gasteiger partial charge in [-0.2, -0.15) is 0 Å². The smallest absolute Gasteiger partial charge is 0.127 e. The number of fused-ring (bicyclic) bond motifs is 1. The molecule has 1 aromatic carbocycles. The van der Waals surface area contributed by atoms with Gasteiger partial charge in [-0.3, -0.25) is 0 Å². The van der Waals surface area contributed by atoms with E-state index in [9.17, 15) is 5.11 Å². The molecule has 0 spiro atoms. The highest BCUT2D eigenvalue weighted by Crippen LogP contribution is 2.41. The molecule has 0 unspecified atom stereocenters. The van der Waals surface area contributed by atoms with Crippen LogP contribution in [-0.4, -0.2) is 42.4 Å². The summed E-state index contributed by atoms with van der Waals surface area (Å²) in [4.78, 5) is 2.27. The molecule has 0 atom stereocenters. The quantitative estimate of drug-likeness (QED) is 0.839. The first-order valence-corrected chi connectivity index (χ1v) is 6.94. The number of hydrogen-bond acceptors (Lipinski definition) is 3. The Labute approximate surface area is 114 Å². The van der Waals surface area contributed by atoms with Crippen molar-refractivity contribution in [1.82, 2.24) is 4.90 Å². The predicted molar refractivity (Wildman–Crippen MR) is 76.3 cm³/mol. The number of benzene rings is 1. The van der Waals surface area contributed by atoms with Crippen LogP contribution < -0.4 is 4.74 Å². The van der Waals surface area contributed by atoms with Crippen molar-refractivity contribution in [2.45, 2.75) is 25.4 Å². The van der Waals surface area contributed by atoms with E-state index in [0.29, 0.717) is 6.61 Å². The minimum atomic E-state index is -0.696. The fourth-order valence-electron chi connectivity index (χ4n) is 3.00. The summed E-state index contributed by atoms with van der Waals surface area (Å²) in [6.07, 6.45) is 3.64. The molecule has 3 nitrogen and oxygen atoms in total. The second kappa shape index (κ2) is 4.66. The summed E-state index contributed by atoms with van der Waals surface area (Å²) in [6, 6.07) is 6.19. The molecule has 19 heavy (non-hydrogen) atoms. The normalized spacial score (nSPS) is 22.4. The molecule has 3 heteroatoms. The fraction of sp³-hybridized carbons (Fsp3) is 0.500. The first kappa shape index (κ1) is 12.7. The largest absolute Gasteiger partial charge is 0.489 e. The van der Waals surface area contributed by atoms with Crippen LogP contribution in [0.4, 0.5) is 0 Å². The maximum atomic E-state index is 11.0. The van der Waals surface area contributed by atoms with E-state index in [2.05, 4.69) is 31.0 Å². The molecule has 0 bridgehead atoms. The molecule has 2 heterocycles. The second-order valence-electron chi connectivity index (χ2n) is 5.76. The van der Waals surface area contributed by atoms with Crippen molar-refractivity contribution in [3.63, 3.8) is 0 Å². The maximum absolute atomic E-state index is 11.0. The van der Waals surface area contributed by atoms with Gasteiger partial charge in [0.1, 0.15) is 12.4 Å². The zero-order valence-electron chi connectivity index (χ0n) is 11.6. The summed E-state index contributed by atoms with van der Waals surface area (Å²) in [5.41, 5.74) is 2.63. The van der Waals surface area contributed by atoms with Gasteiger partial charge in [-0.05, 0) is 50.6 Å². The van der Waals surface area contributed by atoms with E-state index < -0.39 is 5.60 Å². The number of hydrogen-bond donors (Lipinski definition) is 1. The zero-order valence-corrected chi connectivity index (χ0v) is 11.6. The van der Waals surface area contributed by atoms with Crippen LogP contribution in [0.1, 0.15) is 24.0 Å². The number of aryl methyl sites for hydroxylation is 1. The lowest BCUT2D eigenvalue weighted by Crippen LogP contribution is -2.44. The van der Waals surface area contributed by atoms with Crippen molar-refractivity contribution in [1.29, 1.82) is 0 Å². The van der Waals surface area contributed by atoms with Gasteiger partial charge in [0.15, 0.2) is 0 Å². The molecule has 0 saturated carbocycles. The van der Waals surface area contributed by atoms with E-state index in [-0.39, 0.29) is 0 Å². The molecular formula is C16H21NO2. The number of piperidine rings is 1. The number of ether oxygens (including phenoxy) is 1. The minimum absolute atomic E-state index is 0.559. The number of aliphatic hydroxyl groups is 1. The Morgan fingerprint density at radius 3 is 2.74 bits per heavy atom. The van der Waals surface area contributed by atoms with Gasteiger partial charge < -0.3 is 14.7 Å². The summed E-state index contributed by atoms with van der Waals surface area (Å²) in [5, 5.41) is 11.0. The fourth-order valence-corrected chi connectivity index (χ4v) is 3.00. The summed E-state index contributed by atoms with van der Waals surface area (Å²) < 4.78 is 5.67. The van der Waals surface area contributed by atoms with E-state index in [1.165, 1.54) is 5.56 Å². The molecule has 0 aromatic heterocycles. The first-order valence-electron chi connectivity index (χ1n) is 6.94. The molecule has 2 aliphatic rings. The van der Waals surface area contributed by atoms with E-state index in [4.69, 9.17) is 4.74 Å². The molecule has 1 saturated heterocycles. The lowest BCUT2D eigenvalue weighted by atomic mass is 9.79. The van der Waals surface area contributed by atoms with Crippen LogP contribution in [0.15, 0.2) is 24.3 Å². The molecule has 1 aromatic rings. The molecule has 3 rings (SSSR count). The molecular weight excluding hydrogens is 238 g/mol. The summed E-state index contributed by atoms with van der Waals surface area (Å²) >= 11 is 0. The molecule has 0 radical (unpaired) electrons. The third-order valence-corrected chi connectivity index (χ3v) is 4.27. The van der Waals surface area contributed by atoms with Gasteiger partial charge in [-0.15, -0.1) is 0 Å². The Kier molecular flexibility index (Phi) is 3.11.